The molecule has 9 nitrogen and oxygen atoms in total. The molecule has 0 aliphatic rings. The van der Waals surface area contributed by atoms with E-state index in [0.29, 0.717) is 11.1 Å². The lowest BCUT2D eigenvalue weighted by atomic mass is 10.1. The molecule has 2 atom stereocenters. The summed E-state index contributed by atoms with van der Waals surface area (Å²) < 4.78 is 14.2. The highest BCUT2D eigenvalue weighted by atomic mass is 16.6. The van der Waals surface area contributed by atoms with Crippen LogP contribution in [-0.4, -0.2) is 60.0 Å². The zero-order valence-electron chi connectivity index (χ0n) is 20.0. The van der Waals surface area contributed by atoms with Crippen molar-refractivity contribution < 1.29 is 43.3 Å². The molecule has 0 heterocycles. The fourth-order valence-electron chi connectivity index (χ4n) is 2.76. The Labute approximate surface area is 204 Å². The van der Waals surface area contributed by atoms with Crippen molar-refractivity contribution in [3.8, 4) is 0 Å². The van der Waals surface area contributed by atoms with Crippen molar-refractivity contribution >= 4 is 29.5 Å². The van der Waals surface area contributed by atoms with Gasteiger partial charge in [0.05, 0.1) is 19.6 Å². The van der Waals surface area contributed by atoms with Crippen molar-refractivity contribution in [2.45, 2.75) is 45.8 Å². The third-order valence-electron chi connectivity index (χ3n) is 4.36. The third kappa shape index (κ3) is 11.2. The highest BCUT2D eigenvalue weighted by Gasteiger charge is 2.26. The molecule has 2 unspecified atom stereocenters. The maximum atomic E-state index is 11.9. The Kier molecular flexibility index (Phi) is 13.3. The molecule has 0 saturated heterocycles. The molecule has 0 aliphatic heterocycles. The molecular weight excluding hydrogens is 456 g/mol. The first-order chi connectivity index (χ1) is 16.7. The molecular formula is C26H30O9. The molecule has 0 aliphatic carbocycles. The van der Waals surface area contributed by atoms with Gasteiger partial charge in [0.2, 0.25) is 6.10 Å². The van der Waals surface area contributed by atoms with Crippen LogP contribution < -0.4 is 0 Å². The van der Waals surface area contributed by atoms with E-state index < -0.39 is 30.1 Å². The third-order valence-corrected chi connectivity index (χ3v) is 4.36. The van der Waals surface area contributed by atoms with Gasteiger partial charge >= 0.3 is 17.9 Å². The molecule has 35 heavy (non-hydrogen) atoms. The summed E-state index contributed by atoms with van der Waals surface area (Å²) in [4.78, 5) is 57.2. The number of benzene rings is 2. The largest absolute Gasteiger partial charge is 0.464 e. The second-order valence-corrected chi connectivity index (χ2v) is 7.10. The molecule has 0 saturated carbocycles. The van der Waals surface area contributed by atoms with Gasteiger partial charge in [-0.1, -0.05) is 60.7 Å². The molecule has 0 amide bonds. The van der Waals surface area contributed by atoms with Crippen LogP contribution in [0.5, 0.6) is 0 Å². The van der Waals surface area contributed by atoms with Gasteiger partial charge in [0.25, 0.3) is 0 Å². The number of ether oxygens (including phenoxy) is 3. The standard InChI is InChI=1S/C14H16O5.C12H14O4/c1-3-18-14(17)13(19-10(2)15)9-12(16)11-7-5-4-6-8-11;1-2-16-12(15)11(14)8-10(13)9-6-4-3-5-7-9/h4-8,13H,3,9H2,1-2H3;3-7,11,14H,2,8H2,1H3. The molecule has 2 aromatic carbocycles. The Bertz CT molecular complexity index is 971. The quantitative estimate of drug-likeness (QED) is 0.289. The van der Waals surface area contributed by atoms with Crippen molar-refractivity contribution in [1.29, 1.82) is 0 Å². The van der Waals surface area contributed by atoms with E-state index in [1.807, 2.05) is 0 Å². The molecule has 0 spiro atoms. The fourth-order valence-corrected chi connectivity index (χ4v) is 2.76. The van der Waals surface area contributed by atoms with E-state index in [4.69, 9.17) is 9.47 Å². The monoisotopic (exact) mass is 486 g/mol. The molecule has 2 aromatic rings. The van der Waals surface area contributed by atoms with Gasteiger partial charge in [0.1, 0.15) is 0 Å². The van der Waals surface area contributed by atoms with Gasteiger partial charge in [0, 0.05) is 24.5 Å². The van der Waals surface area contributed by atoms with Crippen LogP contribution in [0.3, 0.4) is 0 Å². The van der Waals surface area contributed by atoms with Crippen LogP contribution in [0.4, 0.5) is 0 Å². The highest BCUT2D eigenvalue weighted by Crippen LogP contribution is 2.10. The van der Waals surface area contributed by atoms with Gasteiger partial charge < -0.3 is 19.3 Å². The summed E-state index contributed by atoms with van der Waals surface area (Å²) >= 11 is 0. The van der Waals surface area contributed by atoms with E-state index in [2.05, 4.69) is 4.74 Å². The summed E-state index contributed by atoms with van der Waals surface area (Å²) in [7, 11) is 0. The number of aliphatic hydroxyl groups is 1. The van der Waals surface area contributed by atoms with E-state index >= 15 is 0 Å². The van der Waals surface area contributed by atoms with Gasteiger partial charge in [-0.3, -0.25) is 14.4 Å². The summed E-state index contributed by atoms with van der Waals surface area (Å²) in [5, 5.41) is 9.39. The van der Waals surface area contributed by atoms with E-state index in [9.17, 15) is 29.1 Å². The molecule has 9 heteroatoms. The number of esters is 3. The first-order valence-electron chi connectivity index (χ1n) is 11.0. The number of hydrogen-bond acceptors (Lipinski definition) is 9. The maximum Gasteiger partial charge on any atom is 0.347 e. The van der Waals surface area contributed by atoms with E-state index in [1.165, 1.54) is 6.92 Å². The lowest BCUT2D eigenvalue weighted by Crippen LogP contribution is -2.31. The minimum absolute atomic E-state index is 0.163. The van der Waals surface area contributed by atoms with Crippen LogP contribution in [0.15, 0.2) is 60.7 Å². The number of carbonyl (C=O) groups excluding carboxylic acids is 5. The molecule has 0 radical (unpaired) electrons. The number of rotatable bonds is 11. The molecule has 1 N–H and O–H groups in total. The minimum atomic E-state index is -1.38. The molecule has 0 bridgehead atoms. The number of carbonyl (C=O) groups is 5. The van der Waals surface area contributed by atoms with Crippen molar-refractivity contribution in [2.24, 2.45) is 0 Å². The Morgan fingerprint density at radius 3 is 1.57 bits per heavy atom. The highest BCUT2D eigenvalue weighted by molar-refractivity contribution is 5.99. The van der Waals surface area contributed by atoms with Crippen molar-refractivity contribution in [3.05, 3.63) is 71.8 Å². The van der Waals surface area contributed by atoms with Crippen molar-refractivity contribution in [1.82, 2.24) is 0 Å². The van der Waals surface area contributed by atoms with E-state index in [0.717, 1.165) is 0 Å². The Hall–Kier alpha value is -3.85. The average Bonchev–Trinajstić information content (AvgIpc) is 2.85. The van der Waals surface area contributed by atoms with E-state index in [1.54, 1.807) is 74.5 Å². The predicted octanol–water partition coefficient (Wildman–Crippen LogP) is 2.94. The molecule has 188 valence electrons. The normalized spacial score (nSPS) is 11.7. The van der Waals surface area contributed by atoms with Gasteiger partial charge in [-0.2, -0.15) is 0 Å². The van der Waals surface area contributed by atoms with Crippen molar-refractivity contribution in [3.63, 3.8) is 0 Å². The number of ketones is 2. The minimum Gasteiger partial charge on any atom is -0.464 e. The number of aliphatic hydroxyl groups excluding tert-OH is 1. The second kappa shape index (κ2) is 15.9. The van der Waals surface area contributed by atoms with Gasteiger partial charge in [0.15, 0.2) is 17.7 Å². The van der Waals surface area contributed by atoms with E-state index in [-0.39, 0.29) is 37.6 Å². The molecule has 0 fully saturated rings. The summed E-state index contributed by atoms with van der Waals surface area (Å²) in [5.74, 6) is -2.64. The van der Waals surface area contributed by atoms with Crippen molar-refractivity contribution in [2.75, 3.05) is 13.2 Å². The van der Waals surface area contributed by atoms with Crippen LogP contribution in [0, 0.1) is 0 Å². The van der Waals surface area contributed by atoms with Crippen LogP contribution in [0.1, 0.15) is 54.3 Å². The van der Waals surface area contributed by atoms with Crippen LogP contribution in [-0.2, 0) is 28.6 Å². The van der Waals surface area contributed by atoms with Gasteiger partial charge in [-0.05, 0) is 13.8 Å². The topological polar surface area (TPSA) is 133 Å². The summed E-state index contributed by atoms with van der Waals surface area (Å²) in [6.45, 7) is 4.82. The predicted molar refractivity (Wildman–Crippen MR) is 126 cm³/mol. The average molecular weight is 487 g/mol. The van der Waals surface area contributed by atoms with Crippen LogP contribution in [0.2, 0.25) is 0 Å². The Morgan fingerprint density at radius 2 is 1.14 bits per heavy atom. The van der Waals surface area contributed by atoms with Crippen LogP contribution >= 0.6 is 0 Å². The SMILES string of the molecule is CCOC(=O)C(CC(=O)c1ccccc1)OC(C)=O.CCOC(=O)C(O)CC(=O)c1ccccc1. The first kappa shape index (κ1) is 29.2. The maximum absolute atomic E-state index is 11.9. The summed E-state index contributed by atoms with van der Waals surface area (Å²) in [6.07, 6.45) is -3.04. The fraction of sp³-hybridized carbons (Fsp3) is 0.346. The Morgan fingerprint density at radius 1 is 0.714 bits per heavy atom. The molecule has 0 aromatic heterocycles. The summed E-state index contributed by atoms with van der Waals surface area (Å²) in [6, 6.07) is 17.0. The second-order valence-electron chi connectivity index (χ2n) is 7.10. The lowest BCUT2D eigenvalue weighted by Gasteiger charge is -2.14. The molecule has 2 rings (SSSR count). The smallest absolute Gasteiger partial charge is 0.347 e. The Balaban J connectivity index is 0.000000355. The zero-order valence-corrected chi connectivity index (χ0v) is 20.0. The summed E-state index contributed by atoms with van der Waals surface area (Å²) in [5.41, 5.74) is 0.940. The number of Topliss-reactive ketones (excluding diaryl/α,β-unsaturated/α-hetero) is 2. The van der Waals surface area contributed by atoms with Gasteiger partial charge in [-0.25, -0.2) is 9.59 Å². The van der Waals surface area contributed by atoms with Crippen LogP contribution in [0.25, 0.3) is 0 Å². The van der Waals surface area contributed by atoms with Gasteiger partial charge in [-0.15, -0.1) is 0 Å². The lowest BCUT2D eigenvalue weighted by molar-refractivity contribution is -0.166. The number of hydrogen-bond donors (Lipinski definition) is 1. The zero-order chi connectivity index (χ0) is 26.2. The first-order valence-corrected chi connectivity index (χ1v) is 11.0.